The van der Waals surface area contributed by atoms with Crippen LogP contribution in [0.1, 0.15) is 28.9 Å². The topological polar surface area (TPSA) is 108 Å². The van der Waals surface area contributed by atoms with Crippen molar-refractivity contribution in [1.29, 1.82) is 0 Å². The second-order valence-electron chi connectivity index (χ2n) is 5.19. The van der Waals surface area contributed by atoms with E-state index in [2.05, 4.69) is 20.4 Å². The molecule has 2 aromatic heterocycles. The highest BCUT2D eigenvalue weighted by Gasteiger charge is 2.18. The minimum Gasteiger partial charge on any atom is -0.450 e. The van der Waals surface area contributed by atoms with Crippen molar-refractivity contribution in [2.75, 3.05) is 20.3 Å². The summed E-state index contributed by atoms with van der Waals surface area (Å²) in [5.41, 5.74) is 1.57. The van der Waals surface area contributed by atoms with Crippen LogP contribution in [0.5, 0.6) is 0 Å². The number of nitrogens with zero attached hydrogens (tertiary/aromatic N) is 4. The molecule has 2 heterocycles. The van der Waals surface area contributed by atoms with Gasteiger partial charge >= 0.3 is 5.97 Å². The van der Waals surface area contributed by atoms with E-state index in [1.54, 1.807) is 6.92 Å². The molecule has 1 unspecified atom stereocenters. The van der Waals surface area contributed by atoms with Crippen molar-refractivity contribution in [2.24, 2.45) is 0 Å². The second kappa shape index (κ2) is 7.14. The molecule has 0 saturated carbocycles. The SMILES string of the molecule is COCC(C)NC(=O)COC(=O)c1nc2nc(C)cc(C)n2n1. The minimum atomic E-state index is -0.776. The minimum absolute atomic E-state index is 0.135. The maximum Gasteiger partial charge on any atom is 0.378 e. The second-order valence-corrected chi connectivity index (χ2v) is 5.19. The number of amides is 1. The van der Waals surface area contributed by atoms with Crippen LogP contribution < -0.4 is 5.32 Å². The van der Waals surface area contributed by atoms with Crippen molar-refractivity contribution in [3.63, 3.8) is 0 Å². The molecular formula is C14H19N5O4. The van der Waals surface area contributed by atoms with Gasteiger partial charge < -0.3 is 14.8 Å². The number of hydrogen-bond donors (Lipinski definition) is 1. The van der Waals surface area contributed by atoms with Crippen LogP contribution in [0.3, 0.4) is 0 Å². The number of aromatic nitrogens is 4. The molecule has 0 fully saturated rings. The highest BCUT2D eigenvalue weighted by Crippen LogP contribution is 2.06. The largest absolute Gasteiger partial charge is 0.450 e. The molecular weight excluding hydrogens is 302 g/mol. The van der Waals surface area contributed by atoms with E-state index in [4.69, 9.17) is 9.47 Å². The molecule has 1 N–H and O–H groups in total. The van der Waals surface area contributed by atoms with E-state index in [9.17, 15) is 9.59 Å². The zero-order valence-corrected chi connectivity index (χ0v) is 13.5. The van der Waals surface area contributed by atoms with Crippen LogP contribution in [-0.4, -0.2) is 57.8 Å². The summed E-state index contributed by atoms with van der Waals surface area (Å²) in [6.07, 6.45) is 0. The first-order valence-corrected chi connectivity index (χ1v) is 7.07. The van der Waals surface area contributed by atoms with Gasteiger partial charge in [0.05, 0.1) is 6.61 Å². The number of methoxy groups -OCH3 is 1. The Bertz CT molecular complexity index is 727. The van der Waals surface area contributed by atoms with E-state index < -0.39 is 18.5 Å². The molecule has 9 nitrogen and oxygen atoms in total. The van der Waals surface area contributed by atoms with Gasteiger partial charge in [-0.3, -0.25) is 4.79 Å². The molecule has 1 atom stereocenters. The summed E-state index contributed by atoms with van der Waals surface area (Å²) in [6, 6.07) is 1.65. The average Bonchev–Trinajstić information content (AvgIpc) is 2.89. The molecule has 23 heavy (non-hydrogen) atoms. The lowest BCUT2D eigenvalue weighted by atomic mass is 10.3. The van der Waals surface area contributed by atoms with Crippen LogP contribution in [0.25, 0.3) is 5.78 Å². The zero-order chi connectivity index (χ0) is 17.0. The summed E-state index contributed by atoms with van der Waals surface area (Å²) in [5, 5.41) is 6.67. The molecule has 0 aliphatic heterocycles. The Hall–Kier alpha value is -2.55. The third-order valence-electron chi connectivity index (χ3n) is 2.96. The number of carbonyl (C=O) groups is 2. The third-order valence-corrected chi connectivity index (χ3v) is 2.96. The van der Waals surface area contributed by atoms with Gasteiger partial charge in [-0.05, 0) is 26.8 Å². The molecule has 0 aliphatic carbocycles. The molecule has 124 valence electrons. The summed E-state index contributed by atoms with van der Waals surface area (Å²) >= 11 is 0. The lowest BCUT2D eigenvalue weighted by Crippen LogP contribution is -2.38. The van der Waals surface area contributed by atoms with Crippen LogP contribution in [0.15, 0.2) is 6.07 Å². The van der Waals surface area contributed by atoms with Gasteiger partial charge in [0.25, 0.3) is 17.5 Å². The quantitative estimate of drug-likeness (QED) is 0.749. The van der Waals surface area contributed by atoms with Crippen molar-refractivity contribution in [1.82, 2.24) is 24.9 Å². The summed E-state index contributed by atoms with van der Waals surface area (Å²) in [6.45, 7) is 5.40. The van der Waals surface area contributed by atoms with Gasteiger partial charge in [0.15, 0.2) is 6.61 Å². The molecule has 0 aliphatic rings. The fourth-order valence-electron chi connectivity index (χ4n) is 2.06. The molecule has 0 saturated heterocycles. The average molecular weight is 321 g/mol. The molecule has 2 aromatic rings. The van der Waals surface area contributed by atoms with Crippen LogP contribution in [0.4, 0.5) is 0 Å². The van der Waals surface area contributed by atoms with Crippen molar-refractivity contribution in [3.8, 4) is 0 Å². The number of esters is 1. The molecule has 2 rings (SSSR count). The van der Waals surface area contributed by atoms with Crippen molar-refractivity contribution in [3.05, 3.63) is 23.3 Å². The third kappa shape index (κ3) is 4.22. The lowest BCUT2D eigenvalue weighted by molar-refractivity contribution is -0.125. The maximum absolute atomic E-state index is 11.9. The van der Waals surface area contributed by atoms with Gasteiger partial charge in [-0.25, -0.2) is 14.3 Å². The number of ether oxygens (including phenoxy) is 2. The molecule has 0 spiro atoms. The smallest absolute Gasteiger partial charge is 0.378 e. The normalized spacial score (nSPS) is 12.2. The Morgan fingerprint density at radius 2 is 2.09 bits per heavy atom. The Kier molecular flexibility index (Phi) is 5.22. The van der Waals surface area contributed by atoms with Crippen molar-refractivity contribution in [2.45, 2.75) is 26.8 Å². The Morgan fingerprint density at radius 3 is 2.78 bits per heavy atom. The fraction of sp³-hybridized carbons (Fsp3) is 0.500. The summed E-state index contributed by atoms with van der Waals surface area (Å²) in [4.78, 5) is 31.8. The molecule has 0 bridgehead atoms. The first-order chi connectivity index (χ1) is 10.9. The van der Waals surface area contributed by atoms with E-state index in [1.807, 2.05) is 19.9 Å². The number of rotatable bonds is 6. The van der Waals surface area contributed by atoms with E-state index >= 15 is 0 Å². The highest BCUT2D eigenvalue weighted by atomic mass is 16.5. The number of fused-ring (bicyclic) bond motifs is 1. The van der Waals surface area contributed by atoms with Gasteiger partial charge in [0, 0.05) is 24.5 Å². The lowest BCUT2D eigenvalue weighted by Gasteiger charge is -2.12. The highest BCUT2D eigenvalue weighted by molar-refractivity contribution is 5.88. The first-order valence-electron chi connectivity index (χ1n) is 7.07. The Labute approximate surface area is 133 Å². The van der Waals surface area contributed by atoms with Gasteiger partial charge in [-0.2, -0.15) is 4.98 Å². The summed E-state index contributed by atoms with van der Waals surface area (Å²) < 4.78 is 11.3. The zero-order valence-electron chi connectivity index (χ0n) is 13.5. The van der Waals surface area contributed by atoms with E-state index in [1.165, 1.54) is 11.6 Å². The first kappa shape index (κ1) is 16.8. The van der Waals surface area contributed by atoms with Crippen LogP contribution in [0, 0.1) is 13.8 Å². The summed E-state index contributed by atoms with van der Waals surface area (Å²) in [7, 11) is 1.54. The molecule has 9 heteroatoms. The Morgan fingerprint density at radius 1 is 1.35 bits per heavy atom. The van der Waals surface area contributed by atoms with Crippen LogP contribution in [0.2, 0.25) is 0 Å². The van der Waals surface area contributed by atoms with Gasteiger partial charge in [0.2, 0.25) is 0 Å². The van der Waals surface area contributed by atoms with Crippen LogP contribution in [-0.2, 0) is 14.3 Å². The fourth-order valence-corrected chi connectivity index (χ4v) is 2.06. The number of carbonyl (C=O) groups excluding carboxylic acids is 2. The predicted octanol–water partition coefficient (Wildman–Crippen LogP) is 0.0490. The van der Waals surface area contributed by atoms with Crippen molar-refractivity contribution < 1.29 is 19.1 Å². The van der Waals surface area contributed by atoms with E-state index in [0.29, 0.717) is 12.4 Å². The monoisotopic (exact) mass is 321 g/mol. The number of aryl methyl sites for hydroxylation is 2. The summed E-state index contributed by atoms with van der Waals surface area (Å²) in [5.74, 6) is -1.02. The van der Waals surface area contributed by atoms with Gasteiger partial charge in [-0.1, -0.05) is 0 Å². The van der Waals surface area contributed by atoms with Crippen LogP contribution >= 0.6 is 0 Å². The van der Waals surface area contributed by atoms with E-state index in [-0.39, 0.29) is 11.9 Å². The van der Waals surface area contributed by atoms with Crippen molar-refractivity contribution >= 4 is 17.7 Å². The molecule has 1 amide bonds. The maximum atomic E-state index is 11.9. The van der Waals surface area contributed by atoms with Gasteiger partial charge in [0.1, 0.15) is 0 Å². The predicted molar refractivity (Wildman–Crippen MR) is 80.0 cm³/mol. The number of hydrogen-bond acceptors (Lipinski definition) is 7. The number of nitrogens with one attached hydrogen (secondary N) is 1. The molecule has 0 aromatic carbocycles. The van der Waals surface area contributed by atoms with Gasteiger partial charge in [-0.15, -0.1) is 5.10 Å². The molecule has 0 radical (unpaired) electrons. The standard InChI is InChI=1S/C14H19N5O4/c1-8-5-10(3)19-14(16-8)17-12(18-19)13(21)23-7-11(20)15-9(2)6-22-4/h5,9H,6-7H2,1-4H3,(H,15,20). The van der Waals surface area contributed by atoms with E-state index in [0.717, 1.165) is 11.4 Å². The Balaban J connectivity index is 1.98.